The van der Waals surface area contributed by atoms with Crippen LogP contribution in [0, 0.1) is 0 Å². The monoisotopic (exact) mass is 292 g/mol. The van der Waals surface area contributed by atoms with E-state index in [1.807, 2.05) is 0 Å². The zero-order valence-electron chi connectivity index (χ0n) is 6.59. The van der Waals surface area contributed by atoms with E-state index in [0.29, 0.717) is 10.9 Å². The Labute approximate surface area is 89.1 Å². The molecule has 2 aliphatic rings. The van der Waals surface area contributed by atoms with Crippen LogP contribution in [0.1, 0.15) is 19.3 Å². The fourth-order valence-corrected chi connectivity index (χ4v) is 2.70. The molecule has 0 amide bonds. The molecule has 1 saturated carbocycles. The third-order valence-corrected chi connectivity index (χ3v) is 2.96. The Morgan fingerprint density at radius 1 is 1.42 bits per heavy atom. The van der Waals surface area contributed by atoms with Gasteiger partial charge in [-0.25, -0.2) is 0 Å². The van der Waals surface area contributed by atoms with Crippen molar-refractivity contribution in [3.05, 3.63) is 22.4 Å². The molecule has 3 heteroatoms. The lowest BCUT2D eigenvalue weighted by Gasteiger charge is -2.15. The summed E-state index contributed by atoms with van der Waals surface area (Å²) >= 11 is 7.01. The lowest BCUT2D eigenvalue weighted by atomic mass is 10.1. The molecule has 0 spiro atoms. The standard InChI is InChI=1S/C9H10Br2O/c10-6-3-7(11)5-9(4-6)12-8-1-2-8/h3-4,7-8H,1-2,5H2. The van der Waals surface area contributed by atoms with Crippen molar-refractivity contribution in [1.29, 1.82) is 0 Å². The molecule has 0 aromatic heterocycles. The fraction of sp³-hybridized carbons (Fsp3) is 0.556. The van der Waals surface area contributed by atoms with E-state index in [4.69, 9.17) is 4.74 Å². The second-order valence-electron chi connectivity index (χ2n) is 3.20. The van der Waals surface area contributed by atoms with Gasteiger partial charge in [0.05, 0.1) is 11.9 Å². The van der Waals surface area contributed by atoms with E-state index in [1.165, 1.54) is 12.8 Å². The van der Waals surface area contributed by atoms with E-state index in [1.54, 1.807) is 0 Å². The van der Waals surface area contributed by atoms with Crippen LogP contribution in [0.15, 0.2) is 22.4 Å². The molecule has 1 unspecified atom stereocenters. The van der Waals surface area contributed by atoms with Gasteiger partial charge in [-0.3, -0.25) is 0 Å². The minimum absolute atomic E-state index is 0.422. The summed E-state index contributed by atoms with van der Waals surface area (Å²) in [6.07, 6.45) is 8.15. The van der Waals surface area contributed by atoms with Crippen molar-refractivity contribution in [2.45, 2.75) is 30.2 Å². The Morgan fingerprint density at radius 2 is 2.17 bits per heavy atom. The summed E-state index contributed by atoms with van der Waals surface area (Å²) in [5.41, 5.74) is 0. The number of alkyl halides is 1. The molecule has 0 bridgehead atoms. The third-order valence-electron chi connectivity index (χ3n) is 1.88. The molecule has 0 N–H and O–H groups in total. The zero-order chi connectivity index (χ0) is 8.55. The smallest absolute Gasteiger partial charge is 0.0989 e. The van der Waals surface area contributed by atoms with Gasteiger partial charge < -0.3 is 4.74 Å². The molecule has 0 radical (unpaired) electrons. The summed E-state index contributed by atoms with van der Waals surface area (Å²) in [5.74, 6) is 1.11. The van der Waals surface area contributed by atoms with Crippen LogP contribution in [0.4, 0.5) is 0 Å². The number of hydrogen-bond donors (Lipinski definition) is 0. The molecule has 0 saturated heterocycles. The van der Waals surface area contributed by atoms with E-state index in [9.17, 15) is 0 Å². The summed E-state index contributed by atoms with van der Waals surface area (Å²) in [7, 11) is 0. The number of hydrogen-bond acceptors (Lipinski definition) is 1. The minimum Gasteiger partial charge on any atom is -0.495 e. The Balaban J connectivity index is 1.99. The SMILES string of the molecule is BrC1=CC(Br)CC(OC2CC2)=C1. The Hall–Kier alpha value is 0.240. The van der Waals surface area contributed by atoms with E-state index >= 15 is 0 Å². The Kier molecular flexibility index (Phi) is 2.60. The van der Waals surface area contributed by atoms with Crippen molar-refractivity contribution in [2.24, 2.45) is 0 Å². The predicted octanol–water partition coefficient (Wildman–Crippen LogP) is 3.50. The van der Waals surface area contributed by atoms with Crippen molar-refractivity contribution >= 4 is 31.9 Å². The summed E-state index contributed by atoms with van der Waals surface area (Å²) in [4.78, 5) is 0.422. The molecule has 1 fully saturated rings. The third kappa shape index (κ3) is 2.36. The van der Waals surface area contributed by atoms with E-state index < -0.39 is 0 Å². The van der Waals surface area contributed by atoms with Gasteiger partial charge in [-0.2, -0.15) is 0 Å². The topological polar surface area (TPSA) is 9.23 Å². The summed E-state index contributed by atoms with van der Waals surface area (Å²) in [5, 5.41) is 0. The molecular formula is C9H10Br2O. The highest BCUT2D eigenvalue weighted by molar-refractivity contribution is 9.12. The largest absolute Gasteiger partial charge is 0.495 e. The molecule has 2 aliphatic carbocycles. The zero-order valence-corrected chi connectivity index (χ0v) is 9.77. The summed E-state index contributed by atoms with van der Waals surface area (Å²) in [6, 6.07) is 0. The molecule has 1 nitrogen and oxygen atoms in total. The van der Waals surface area contributed by atoms with Gasteiger partial charge >= 0.3 is 0 Å². The highest BCUT2D eigenvalue weighted by Crippen LogP contribution is 2.32. The maximum Gasteiger partial charge on any atom is 0.0989 e. The van der Waals surface area contributed by atoms with Gasteiger partial charge in [0.25, 0.3) is 0 Å². The van der Waals surface area contributed by atoms with Crippen LogP contribution >= 0.6 is 31.9 Å². The first-order chi connectivity index (χ1) is 5.74. The van der Waals surface area contributed by atoms with Crippen molar-refractivity contribution in [1.82, 2.24) is 0 Å². The second-order valence-corrected chi connectivity index (χ2v) is 5.29. The van der Waals surface area contributed by atoms with E-state index in [0.717, 1.165) is 16.7 Å². The molecule has 0 aromatic carbocycles. The fourth-order valence-electron chi connectivity index (χ4n) is 1.17. The summed E-state index contributed by atoms with van der Waals surface area (Å²) in [6.45, 7) is 0. The minimum atomic E-state index is 0.422. The van der Waals surface area contributed by atoms with Gasteiger partial charge in [-0.15, -0.1) is 0 Å². The van der Waals surface area contributed by atoms with Gasteiger partial charge in [-0.05, 0) is 18.9 Å². The molecule has 0 heterocycles. The number of ether oxygens (including phenoxy) is 1. The van der Waals surface area contributed by atoms with Crippen molar-refractivity contribution in [3.8, 4) is 0 Å². The van der Waals surface area contributed by atoms with Crippen LogP contribution in [-0.2, 0) is 4.74 Å². The first-order valence-electron chi connectivity index (χ1n) is 4.12. The highest BCUT2D eigenvalue weighted by Gasteiger charge is 2.25. The van der Waals surface area contributed by atoms with Crippen molar-refractivity contribution in [3.63, 3.8) is 0 Å². The molecule has 1 atom stereocenters. The number of allylic oxidation sites excluding steroid dienone is 4. The van der Waals surface area contributed by atoms with Gasteiger partial charge in [0, 0.05) is 15.7 Å². The molecule has 0 aromatic rings. The Bertz CT molecular complexity index is 241. The lowest BCUT2D eigenvalue weighted by molar-refractivity contribution is 0.187. The van der Waals surface area contributed by atoms with Crippen LogP contribution in [0.3, 0.4) is 0 Å². The van der Waals surface area contributed by atoms with Crippen LogP contribution in [0.5, 0.6) is 0 Å². The van der Waals surface area contributed by atoms with Crippen LogP contribution in [-0.4, -0.2) is 10.9 Å². The van der Waals surface area contributed by atoms with Crippen molar-refractivity contribution in [2.75, 3.05) is 0 Å². The van der Waals surface area contributed by atoms with Crippen LogP contribution in [0.25, 0.3) is 0 Å². The molecule has 66 valence electrons. The molecular weight excluding hydrogens is 284 g/mol. The lowest BCUT2D eigenvalue weighted by Crippen LogP contribution is -2.05. The van der Waals surface area contributed by atoms with Gasteiger partial charge in [0.2, 0.25) is 0 Å². The normalized spacial score (nSPS) is 29.3. The maximum atomic E-state index is 5.70. The predicted molar refractivity (Wildman–Crippen MR) is 56.5 cm³/mol. The average molecular weight is 294 g/mol. The second kappa shape index (κ2) is 3.54. The Morgan fingerprint density at radius 3 is 2.75 bits per heavy atom. The molecule has 0 aliphatic heterocycles. The van der Waals surface area contributed by atoms with Gasteiger partial charge in [-0.1, -0.05) is 37.9 Å². The first kappa shape index (κ1) is 8.82. The molecule has 12 heavy (non-hydrogen) atoms. The molecule has 2 rings (SSSR count). The average Bonchev–Trinajstić information content (AvgIpc) is 2.68. The van der Waals surface area contributed by atoms with Gasteiger partial charge in [0.1, 0.15) is 0 Å². The summed E-state index contributed by atoms with van der Waals surface area (Å²) < 4.78 is 6.82. The van der Waals surface area contributed by atoms with Crippen molar-refractivity contribution < 1.29 is 4.74 Å². The van der Waals surface area contributed by atoms with Crippen LogP contribution in [0.2, 0.25) is 0 Å². The maximum absolute atomic E-state index is 5.70. The quantitative estimate of drug-likeness (QED) is 0.708. The first-order valence-corrected chi connectivity index (χ1v) is 5.83. The highest BCUT2D eigenvalue weighted by atomic mass is 79.9. The number of halogens is 2. The number of rotatable bonds is 2. The van der Waals surface area contributed by atoms with Crippen LogP contribution < -0.4 is 0 Å². The van der Waals surface area contributed by atoms with Gasteiger partial charge in [0.15, 0.2) is 0 Å². The van der Waals surface area contributed by atoms with E-state index in [2.05, 4.69) is 44.0 Å². The van der Waals surface area contributed by atoms with E-state index in [-0.39, 0.29) is 0 Å².